The highest BCUT2D eigenvalue weighted by Gasteiger charge is 2.19. The Kier molecular flexibility index (Phi) is 2.95. The number of primary amides is 1. The third kappa shape index (κ3) is 2.77. The largest absolute Gasteiger partial charge is 0.440 e. The SMILES string of the molecule is NC(=O)CS(=O)(=O)Cc1nc2cc(N)ccc2o1. The molecular weight excluding hydrogens is 258 g/mol. The molecule has 0 saturated carbocycles. The summed E-state index contributed by atoms with van der Waals surface area (Å²) in [6.07, 6.45) is 0. The van der Waals surface area contributed by atoms with Crippen LogP contribution in [0.15, 0.2) is 22.6 Å². The van der Waals surface area contributed by atoms with Gasteiger partial charge in [-0.25, -0.2) is 13.4 Å². The van der Waals surface area contributed by atoms with Crippen LogP contribution in [0, 0.1) is 0 Å². The molecule has 0 unspecified atom stereocenters. The van der Waals surface area contributed by atoms with Crippen molar-refractivity contribution in [3.63, 3.8) is 0 Å². The minimum absolute atomic E-state index is 0.0110. The maximum absolute atomic E-state index is 11.5. The first-order valence-electron chi connectivity index (χ1n) is 4.99. The number of carbonyl (C=O) groups excluding carboxylic acids is 1. The predicted octanol–water partition coefficient (Wildman–Crippen LogP) is -0.190. The fraction of sp³-hybridized carbons (Fsp3) is 0.200. The first-order chi connectivity index (χ1) is 8.35. The molecule has 18 heavy (non-hydrogen) atoms. The summed E-state index contributed by atoms with van der Waals surface area (Å²) in [5.41, 5.74) is 11.8. The number of anilines is 1. The van der Waals surface area contributed by atoms with Gasteiger partial charge in [0, 0.05) is 5.69 Å². The van der Waals surface area contributed by atoms with Crippen LogP contribution in [0.5, 0.6) is 0 Å². The number of rotatable bonds is 4. The first-order valence-corrected chi connectivity index (χ1v) is 6.81. The van der Waals surface area contributed by atoms with Gasteiger partial charge in [0.1, 0.15) is 17.0 Å². The van der Waals surface area contributed by atoms with E-state index in [0.717, 1.165) is 0 Å². The number of carbonyl (C=O) groups is 1. The summed E-state index contributed by atoms with van der Waals surface area (Å²) in [6.45, 7) is 0. The molecule has 2 aromatic rings. The standard InChI is InChI=1S/C10H11N3O4S/c11-6-1-2-8-7(3-6)13-10(17-8)5-18(15,16)4-9(12)14/h1-3H,4-5,11H2,(H2,12,14). The van der Waals surface area contributed by atoms with Gasteiger partial charge in [-0.2, -0.15) is 0 Å². The number of hydrogen-bond acceptors (Lipinski definition) is 6. The molecule has 0 aliphatic heterocycles. The lowest BCUT2D eigenvalue weighted by Gasteiger charge is -1.96. The van der Waals surface area contributed by atoms with Crippen LogP contribution < -0.4 is 11.5 Å². The zero-order valence-electron chi connectivity index (χ0n) is 9.29. The van der Waals surface area contributed by atoms with E-state index in [4.69, 9.17) is 15.9 Å². The third-order valence-electron chi connectivity index (χ3n) is 2.16. The van der Waals surface area contributed by atoms with Gasteiger partial charge < -0.3 is 15.9 Å². The second kappa shape index (κ2) is 4.30. The van der Waals surface area contributed by atoms with Gasteiger partial charge in [-0.15, -0.1) is 0 Å². The lowest BCUT2D eigenvalue weighted by atomic mass is 10.3. The summed E-state index contributed by atoms with van der Waals surface area (Å²) >= 11 is 0. The summed E-state index contributed by atoms with van der Waals surface area (Å²) in [5, 5.41) is 0. The average Bonchev–Trinajstić information content (AvgIpc) is 2.55. The Labute approximate surface area is 103 Å². The highest BCUT2D eigenvalue weighted by Crippen LogP contribution is 2.19. The molecule has 0 bridgehead atoms. The van der Waals surface area contributed by atoms with Crippen molar-refractivity contribution in [1.29, 1.82) is 0 Å². The molecule has 8 heteroatoms. The Bertz CT molecular complexity index is 705. The van der Waals surface area contributed by atoms with E-state index >= 15 is 0 Å². The van der Waals surface area contributed by atoms with Gasteiger partial charge >= 0.3 is 0 Å². The van der Waals surface area contributed by atoms with Gasteiger partial charge in [0.15, 0.2) is 15.4 Å². The van der Waals surface area contributed by atoms with Crippen LogP contribution in [-0.2, 0) is 20.4 Å². The number of aromatic nitrogens is 1. The number of amides is 1. The number of oxazole rings is 1. The molecule has 0 aliphatic rings. The maximum Gasteiger partial charge on any atom is 0.232 e. The Balaban J connectivity index is 2.30. The molecule has 0 saturated heterocycles. The van der Waals surface area contributed by atoms with Gasteiger partial charge in [0.2, 0.25) is 11.8 Å². The number of nitrogens with two attached hydrogens (primary N) is 2. The fourth-order valence-corrected chi connectivity index (χ4v) is 2.55. The predicted molar refractivity (Wildman–Crippen MR) is 65.1 cm³/mol. The fourth-order valence-electron chi connectivity index (χ4n) is 1.51. The molecule has 0 aliphatic carbocycles. The smallest absolute Gasteiger partial charge is 0.232 e. The minimum Gasteiger partial charge on any atom is -0.440 e. The van der Waals surface area contributed by atoms with Crippen molar-refractivity contribution in [2.75, 3.05) is 11.5 Å². The van der Waals surface area contributed by atoms with Crippen molar-refractivity contribution < 1.29 is 17.6 Å². The molecule has 0 radical (unpaired) electrons. The molecule has 0 fully saturated rings. The Morgan fingerprint density at radius 2 is 2.11 bits per heavy atom. The van der Waals surface area contributed by atoms with Crippen LogP contribution in [0.4, 0.5) is 5.69 Å². The lowest BCUT2D eigenvalue weighted by molar-refractivity contribution is -0.115. The number of hydrogen-bond donors (Lipinski definition) is 2. The van der Waals surface area contributed by atoms with Gasteiger partial charge in [-0.3, -0.25) is 4.79 Å². The molecule has 1 aromatic carbocycles. The quantitative estimate of drug-likeness (QED) is 0.740. The highest BCUT2D eigenvalue weighted by molar-refractivity contribution is 7.91. The van der Waals surface area contributed by atoms with E-state index in [1.165, 1.54) is 0 Å². The second-order valence-corrected chi connectivity index (χ2v) is 5.90. The van der Waals surface area contributed by atoms with Crippen LogP contribution in [0.25, 0.3) is 11.1 Å². The topological polar surface area (TPSA) is 129 Å². The molecule has 1 aromatic heterocycles. The second-order valence-electron chi connectivity index (χ2n) is 3.83. The zero-order chi connectivity index (χ0) is 13.3. The van der Waals surface area contributed by atoms with Crippen molar-refractivity contribution >= 4 is 32.5 Å². The number of nitrogen functional groups attached to an aromatic ring is 1. The number of fused-ring (bicyclic) bond motifs is 1. The summed E-state index contributed by atoms with van der Waals surface area (Å²) in [6, 6.07) is 4.79. The Hall–Kier alpha value is -2.09. The monoisotopic (exact) mass is 269 g/mol. The maximum atomic E-state index is 11.5. The number of sulfone groups is 1. The van der Waals surface area contributed by atoms with Crippen LogP contribution in [0.2, 0.25) is 0 Å². The minimum atomic E-state index is -3.65. The van der Waals surface area contributed by atoms with E-state index in [9.17, 15) is 13.2 Å². The van der Waals surface area contributed by atoms with E-state index in [1.807, 2.05) is 0 Å². The van der Waals surface area contributed by atoms with Gasteiger partial charge in [0.25, 0.3) is 0 Å². The van der Waals surface area contributed by atoms with E-state index < -0.39 is 27.3 Å². The van der Waals surface area contributed by atoms with Gasteiger partial charge in [-0.1, -0.05) is 0 Å². The van der Waals surface area contributed by atoms with Crippen molar-refractivity contribution in [3.8, 4) is 0 Å². The molecule has 1 amide bonds. The van der Waals surface area contributed by atoms with Crippen LogP contribution in [-0.4, -0.2) is 25.1 Å². The van der Waals surface area contributed by atoms with E-state index in [1.54, 1.807) is 18.2 Å². The molecule has 1 heterocycles. The van der Waals surface area contributed by atoms with Crippen molar-refractivity contribution in [2.24, 2.45) is 5.73 Å². The third-order valence-corrected chi connectivity index (χ3v) is 3.57. The average molecular weight is 269 g/mol. The number of nitrogens with zero attached hydrogens (tertiary/aromatic N) is 1. The van der Waals surface area contributed by atoms with Crippen molar-refractivity contribution in [1.82, 2.24) is 4.98 Å². The highest BCUT2D eigenvalue weighted by atomic mass is 32.2. The molecule has 7 nitrogen and oxygen atoms in total. The van der Waals surface area contributed by atoms with Crippen LogP contribution in [0.3, 0.4) is 0 Å². The molecule has 0 atom stereocenters. The number of benzene rings is 1. The molecule has 0 spiro atoms. The molecule has 96 valence electrons. The van der Waals surface area contributed by atoms with E-state index in [2.05, 4.69) is 4.98 Å². The molecule has 2 rings (SSSR count). The van der Waals surface area contributed by atoms with Crippen LogP contribution >= 0.6 is 0 Å². The summed E-state index contributed by atoms with van der Waals surface area (Å²) in [5.74, 6) is -2.09. The summed E-state index contributed by atoms with van der Waals surface area (Å²) < 4.78 is 28.3. The summed E-state index contributed by atoms with van der Waals surface area (Å²) in [4.78, 5) is 14.6. The Morgan fingerprint density at radius 1 is 1.39 bits per heavy atom. The Morgan fingerprint density at radius 3 is 2.78 bits per heavy atom. The zero-order valence-corrected chi connectivity index (χ0v) is 10.1. The molecular formula is C10H11N3O4S. The van der Waals surface area contributed by atoms with Crippen molar-refractivity contribution in [2.45, 2.75) is 5.75 Å². The van der Waals surface area contributed by atoms with Crippen LogP contribution in [0.1, 0.15) is 5.89 Å². The van der Waals surface area contributed by atoms with Gasteiger partial charge in [-0.05, 0) is 18.2 Å². The molecule has 4 N–H and O–H groups in total. The lowest BCUT2D eigenvalue weighted by Crippen LogP contribution is -2.24. The normalized spacial score (nSPS) is 11.8. The van der Waals surface area contributed by atoms with E-state index in [-0.39, 0.29) is 5.89 Å². The van der Waals surface area contributed by atoms with Crippen molar-refractivity contribution in [3.05, 3.63) is 24.1 Å². The van der Waals surface area contributed by atoms with E-state index in [0.29, 0.717) is 16.8 Å². The first kappa shape index (κ1) is 12.4. The summed E-state index contributed by atoms with van der Waals surface area (Å²) in [7, 11) is -3.65. The van der Waals surface area contributed by atoms with Gasteiger partial charge in [0.05, 0.1) is 0 Å².